The average Bonchev–Trinajstić information content (AvgIpc) is 2.78. The number of anilines is 1. The Labute approximate surface area is 99.8 Å². The van der Waals surface area contributed by atoms with E-state index in [1.54, 1.807) is 4.68 Å². The van der Waals surface area contributed by atoms with E-state index in [9.17, 15) is 0 Å². The maximum absolute atomic E-state index is 5.26. The predicted octanol–water partition coefficient (Wildman–Crippen LogP) is 1.49. The molecule has 1 atom stereocenters. The van der Waals surface area contributed by atoms with Gasteiger partial charge in [-0.05, 0) is 29.5 Å². The van der Waals surface area contributed by atoms with Crippen LogP contribution in [0.2, 0.25) is 0 Å². The molecule has 0 saturated heterocycles. The van der Waals surface area contributed by atoms with Gasteiger partial charge < -0.3 is 5.32 Å². The van der Waals surface area contributed by atoms with Crippen LogP contribution >= 0.6 is 0 Å². The summed E-state index contributed by atoms with van der Waals surface area (Å²) in [5, 5.41) is 14.7. The molecule has 0 bridgehead atoms. The first-order valence-electron chi connectivity index (χ1n) is 5.35. The van der Waals surface area contributed by atoms with Crippen molar-refractivity contribution in [2.45, 2.75) is 19.4 Å². The fourth-order valence-corrected chi connectivity index (χ4v) is 1.47. The van der Waals surface area contributed by atoms with E-state index < -0.39 is 0 Å². The second-order valence-electron chi connectivity index (χ2n) is 3.70. The highest BCUT2D eigenvalue weighted by molar-refractivity contribution is 5.38. The first-order valence-corrected chi connectivity index (χ1v) is 5.35. The number of benzene rings is 1. The van der Waals surface area contributed by atoms with Crippen LogP contribution in [-0.2, 0) is 0 Å². The van der Waals surface area contributed by atoms with Gasteiger partial charge in [-0.2, -0.15) is 4.68 Å². The number of para-hydroxylation sites is 1. The number of rotatable bonds is 4. The Morgan fingerprint density at radius 1 is 1.41 bits per heavy atom. The first-order chi connectivity index (χ1) is 8.31. The van der Waals surface area contributed by atoms with E-state index in [-0.39, 0.29) is 6.04 Å². The third-order valence-corrected chi connectivity index (χ3v) is 2.27. The lowest BCUT2D eigenvalue weighted by Gasteiger charge is -2.11. The zero-order valence-corrected chi connectivity index (χ0v) is 9.54. The van der Waals surface area contributed by atoms with E-state index in [0.717, 1.165) is 5.69 Å². The van der Waals surface area contributed by atoms with Crippen molar-refractivity contribution < 1.29 is 0 Å². The molecule has 17 heavy (non-hydrogen) atoms. The predicted molar refractivity (Wildman–Crippen MR) is 65.7 cm³/mol. The van der Waals surface area contributed by atoms with Gasteiger partial charge in [0.05, 0.1) is 5.69 Å². The van der Waals surface area contributed by atoms with Crippen molar-refractivity contribution in [3.8, 4) is 18.0 Å². The summed E-state index contributed by atoms with van der Waals surface area (Å²) in [6.45, 7) is 1.99. The highest BCUT2D eigenvalue weighted by atomic mass is 15.6. The molecule has 0 spiro atoms. The van der Waals surface area contributed by atoms with Crippen LogP contribution in [0.25, 0.3) is 5.69 Å². The third-order valence-electron chi connectivity index (χ3n) is 2.27. The van der Waals surface area contributed by atoms with Crippen LogP contribution in [0.3, 0.4) is 0 Å². The lowest BCUT2D eigenvalue weighted by atomic mass is 10.2. The molecular weight excluding hydrogens is 214 g/mol. The SMILES string of the molecule is C#CCC(C)Nc1nnnn1-c1ccccc1. The van der Waals surface area contributed by atoms with Crippen LogP contribution in [0.15, 0.2) is 30.3 Å². The van der Waals surface area contributed by atoms with E-state index in [2.05, 4.69) is 26.8 Å². The molecule has 0 amide bonds. The molecule has 0 saturated carbocycles. The van der Waals surface area contributed by atoms with E-state index in [0.29, 0.717) is 12.4 Å². The molecule has 2 aromatic rings. The molecule has 1 heterocycles. The lowest BCUT2D eigenvalue weighted by molar-refractivity contribution is 0.771. The topological polar surface area (TPSA) is 55.6 Å². The molecule has 5 heteroatoms. The van der Waals surface area contributed by atoms with Gasteiger partial charge in [-0.3, -0.25) is 0 Å². The Morgan fingerprint density at radius 2 is 2.18 bits per heavy atom. The molecule has 1 N–H and O–H groups in total. The Balaban J connectivity index is 2.21. The van der Waals surface area contributed by atoms with Crippen molar-refractivity contribution in [1.29, 1.82) is 0 Å². The van der Waals surface area contributed by atoms with Crippen LogP contribution in [0.1, 0.15) is 13.3 Å². The summed E-state index contributed by atoms with van der Waals surface area (Å²) < 4.78 is 1.65. The fourth-order valence-electron chi connectivity index (χ4n) is 1.47. The Hall–Kier alpha value is -2.35. The minimum absolute atomic E-state index is 0.133. The normalized spacial score (nSPS) is 11.8. The van der Waals surface area contributed by atoms with Gasteiger partial charge in [0.25, 0.3) is 0 Å². The van der Waals surface area contributed by atoms with E-state index in [1.807, 2.05) is 37.3 Å². The van der Waals surface area contributed by atoms with Crippen LogP contribution in [0, 0.1) is 12.3 Å². The summed E-state index contributed by atoms with van der Waals surface area (Å²) in [4.78, 5) is 0. The Kier molecular flexibility index (Phi) is 3.36. The molecule has 0 aliphatic rings. The van der Waals surface area contributed by atoms with Crippen molar-refractivity contribution in [1.82, 2.24) is 20.2 Å². The van der Waals surface area contributed by atoms with Gasteiger partial charge in [-0.15, -0.1) is 12.3 Å². The highest BCUT2D eigenvalue weighted by Crippen LogP contribution is 2.11. The highest BCUT2D eigenvalue weighted by Gasteiger charge is 2.09. The van der Waals surface area contributed by atoms with Gasteiger partial charge in [0, 0.05) is 12.5 Å². The first kappa shape index (κ1) is 11.1. The molecule has 0 fully saturated rings. The lowest BCUT2D eigenvalue weighted by Crippen LogP contribution is -2.17. The smallest absolute Gasteiger partial charge is 0.247 e. The van der Waals surface area contributed by atoms with Crippen LogP contribution in [0.5, 0.6) is 0 Å². The van der Waals surface area contributed by atoms with Crippen molar-refractivity contribution in [3.63, 3.8) is 0 Å². The number of nitrogens with zero attached hydrogens (tertiary/aromatic N) is 4. The van der Waals surface area contributed by atoms with Crippen LogP contribution in [-0.4, -0.2) is 26.2 Å². The molecular formula is C12H13N5. The van der Waals surface area contributed by atoms with Gasteiger partial charge in [0.15, 0.2) is 0 Å². The number of aromatic nitrogens is 4. The fraction of sp³-hybridized carbons (Fsp3) is 0.250. The third kappa shape index (κ3) is 2.61. The average molecular weight is 227 g/mol. The summed E-state index contributed by atoms with van der Waals surface area (Å²) in [6.07, 6.45) is 5.89. The monoisotopic (exact) mass is 227 g/mol. The second-order valence-corrected chi connectivity index (χ2v) is 3.70. The second kappa shape index (κ2) is 5.12. The van der Waals surface area contributed by atoms with Crippen molar-refractivity contribution >= 4 is 5.95 Å². The van der Waals surface area contributed by atoms with Gasteiger partial charge in [0.2, 0.25) is 5.95 Å². The maximum atomic E-state index is 5.26. The molecule has 0 radical (unpaired) electrons. The minimum atomic E-state index is 0.133. The Bertz CT molecular complexity index is 511. The van der Waals surface area contributed by atoms with Crippen LogP contribution < -0.4 is 5.32 Å². The molecule has 5 nitrogen and oxygen atoms in total. The zero-order valence-electron chi connectivity index (χ0n) is 9.54. The molecule has 0 aliphatic carbocycles. The van der Waals surface area contributed by atoms with E-state index in [4.69, 9.17) is 6.42 Å². The molecule has 1 unspecified atom stereocenters. The number of hydrogen-bond donors (Lipinski definition) is 1. The molecule has 0 aliphatic heterocycles. The number of tetrazole rings is 1. The van der Waals surface area contributed by atoms with Crippen molar-refractivity contribution in [2.24, 2.45) is 0 Å². The van der Waals surface area contributed by atoms with E-state index in [1.165, 1.54) is 0 Å². The maximum Gasteiger partial charge on any atom is 0.247 e. The quantitative estimate of drug-likeness (QED) is 0.804. The van der Waals surface area contributed by atoms with Gasteiger partial charge in [0.1, 0.15) is 0 Å². The molecule has 2 rings (SSSR count). The molecule has 86 valence electrons. The molecule has 1 aromatic carbocycles. The van der Waals surface area contributed by atoms with Crippen LogP contribution in [0.4, 0.5) is 5.95 Å². The van der Waals surface area contributed by atoms with Gasteiger partial charge in [-0.1, -0.05) is 23.3 Å². The van der Waals surface area contributed by atoms with Crippen molar-refractivity contribution in [3.05, 3.63) is 30.3 Å². The summed E-state index contributed by atoms with van der Waals surface area (Å²) in [5.74, 6) is 3.20. The van der Waals surface area contributed by atoms with Gasteiger partial charge in [-0.25, -0.2) is 0 Å². The largest absolute Gasteiger partial charge is 0.349 e. The van der Waals surface area contributed by atoms with Gasteiger partial charge >= 0.3 is 0 Å². The number of terminal acetylenes is 1. The summed E-state index contributed by atoms with van der Waals surface area (Å²) in [5.41, 5.74) is 0.910. The molecule has 1 aromatic heterocycles. The minimum Gasteiger partial charge on any atom is -0.349 e. The van der Waals surface area contributed by atoms with E-state index >= 15 is 0 Å². The number of nitrogens with one attached hydrogen (secondary N) is 1. The summed E-state index contributed by atoms with van der Waals surface area (Å²) in [6, 6.07) is 9.83. The Morgan fingerprint density at radius 3 is 2.88 bits per heavy atom. The summed E-state index contributed by atoms with van der Waals surface area (Å²) in [7, 11) is 0. The number of hydrogen-bond acceptors (Lipinski definition) is 4. The standard InChI is InChI=1S/C12H13N5/c1-3-7-10(2)13-12-14-15-16-17(12)11-8-5-4-6-9-11/h1,4-6,8-10H,7H2,2H3,(H,13,14,16). The summed E-state index contributed by atoms with van der Waals surface area (Å²) >= 11 is 0. The van der Waals surface area contributed by atoms with Crippen molar-refractivity contribution in [2.75, 3.05) is 5.32 Å². The zero-order chi connectivity index (χ0) is 12.1.